The quantitative estimate of drug-likeness (QED) is 0.380. The molecule has 6 heteroatoms. The van der Waals surface area contributed by atoms with E-state index in [9.17, 15) is 0 Å². The number of aromatic nitrogens is 1. The Bertz CT molecular complexity index is 335. The minimum Gasteiger partial charge on any atom is -0.370 e. The van der Waals surface area contributed by atoms with Gasteiger partial charge in [0.05, 0.1) is 17.7 Å². The molecule has 0 saturated heterocycles. The first kappa shape index (κ1) is 14.4. The van der Waals surface area contributed by atoms with E-state index >= 15 is 0 Å². The third-order valence-corrected chi connectivity index (χ3v) is 2.59. The maximum Gasteiger partial charge on any atom is 0.189 e. The Morgan fingerprint density at radius 1 is 1.80 bits per heavy atom. The van der Waals surface area contributed by atoms with E-state index in [1.54, 1.807) is 17.4 Å². The van der Waals surface area contributed by atoms with Crippen molar-refractivity contribution < 1.29 is 0 Å². The molecule has 0 aliphatic heterocycles. The second-order valence-electron chi connectivity index (χ2n) is 2.73. The number of thiazole rings is 1. The van der Waals surface area contributed by atoms with Gasteiger partial charge in [-0.2, -0.15) is 0 Å². The lowest BCUT2D eigenvalue weighted by molar-refractivity contribution is 0.971. The standard InChI is InChI=1S/C9H14N4S.HI/c1-3-4-11-9(10)12-5-8-7(2)13-6-14-8;/h3,6H,1,4-5H2,2H3,(H3,10,11,12);1H. The largest absolute Gasteiger partial charge is 0.370 e. The van der Waals surface area contributed by atoms with Crippen LogP contribution in [-0.4, -0.2) is 17.5 Å². The third kappa shape index (κ3) is 5.12. The van der Waals surface area contributed by atoms with Crippen molar-refractivity contribution in [3.05, 3.63) is 28.7 Å². The Morgan fingerprint density at radius 3 is 3.07 bits per heavy atom. The molecule has 0 radical (unpaired) electrons. The van der Waals surface area contributed by atoms with Crippen LogP contribution < -0.4 is 11.1 Å². The Labute approximate surface area is 111 Å². The minimum atomic E-state index is 0. The molecule has 0 unspecified atom stereocenters. The van der Waals surface area contributed by atoms with E-state index in [-0.39, 0.29) is 24.0 Å². The fourth-order valence-corrected chi connectivity index (χ4v) is 1.57. The van der Waals surface area contributed by atoms with Crippen LogP contribution in [0.15, 0.2) is 23.2 Å². The highest BCUT2D eigenvalue weighted by molar-refractivity contribution is 14.0. The highest BCUT2D eigenvalue weighted by atomic mass is 127. The van der Waals surface area contributed by atoms with Crippen LogP contribution in [0.3, 0.4) is 0 Å². The fraction of sp³-hybridized carbons (Fsp3) is 0.333. The minimum absolute atomic E-state index is 0. The molecule has 1 aromatic rings. The van der Waals surface area contributed by atoms with E-state index < -0.39 is 0 Å². The van der Waals surface area contributed by atoms with Crippen LogP contribution in [0.4, 0.5) is 0 Å². The molecule has 1 rings (SSSR count). The van der Waals surface area contributed by atoms with E-state index in [4.69, 9.17) is 5.73 Å². The predicted molar refractivity (Wildman–Crippen MR) is 75.8 cm³/mol. The molecule has 0 spiro atoms. The topological polar surface area (TPSA) is 63.3 Å². The number of rotatable bonds is 4. The molecule has 15 heavy (non-hydrogen) atoms. The summed E-state index contributed by atoms with van der Waals surface area (Å²) in [5.41, 5.74) is 8.44. The van der Waals surface area contributed by atoms with E-state index in [1.165, 1.54) is 0 Å². The molecule has 1 aromatic heterocycles. The second kappa shape index (κ2) is 7.63. The Kier molecular flexibility index (Phi) is 7.31. The van der Waals surface area contributed by atoms with Crippen molar-refractivity contribution in [3.8, 4) is 0 Å². The smallest absolute Gasteiger partial charge is 0.189 e. The van der Waals surface area contributed by atoms with Crippen molar-refractivity contribution in [2.75, 3.05) is 6.54 Å². The van der Waals surface area contributed by atoms with Gasteiger partial charge < -0.3 is 11.1 Å². The number of guanidine groups is 1. The van der Waals surface area contributed by atoms with Crippen molar-refractivity contribution in [1.29, 1.82) is 0 Å². The van der Waals surface area contributed by atoms with E-state index in [0.29, 0.717) is 19.0 Å². The van der Waals surface area contributed by atoms with Gasteiger partial charge in [-0.25, -0.2) is 9.98 Å². The van der Waals surface area contributed by atoms with Crippen molar-refractivity contribution in [3.63, 3.8) is 0 Å². The number of hydrogen-bond acceptors (Lipinski definition) is 3. The van der Waals surface area contributed by atoms with Gasteiger partial charge in [0.1, 0.15) is 0 Å². The molecule has 0 aromatic carbocycles. The highest BCUT2D eigenvalue weighted by Crippen LogP contribution is 2.12. The Hall–Kier alpha value is -0.630. The number of nitrogens with zero attached hydrogens (tertiary/aromatic N) is 2. The molecular formula is C9H15IN4S. The number of hydrogen-bond donors (Lipinski definition) is 2. The van der Waals surface area contributed by atoms with E-state index in [0.717, 1.165) is 10.6 Å². The number of aliphatic imine (C=N–C) groups is 1. The van der Waals surface area contributed by atoms with Crippen molar-refractivity contribution in [1.82, 2.24) is 10.3 Å². The summed E-state index contributed by atoms with van der Waals surface area (Å²) in [6, 6.07) is 0. The summed E-state index contributed by atoms with van der Waals surface area (Å²) in [6.45, 7) is 6.77. The van der Waals surface area contributed by atoms with Crippen LogP contribution in [0.1, 0.15) is 10.6 Å². The lowest BCUT2D eigenvalue weighted by atomic mass is 10.4. The molecule has 1 heterocycles. The molecule has 4 nitrogen and oxygen atoms in total. The van der Waals surface area contributed by atoms with Crippen LogP contribution in [-0.2, 0) is 6.54 Å². The summed E-state index contributed by atoms with van der Waals surface area (Å²) in [4.78, 5) is 9.45. The van der Waals surface area contributed by atoms with Gasteiger partial charge in [-0.1, -0.05) is 6.08 Å². The van der Waals surface area contributed by atoms with Gasteiger partial charge in [-0.15, -0.1) is 41.9 Å². The summed E-state index contributed by atoms with van der Waals surface area (Å²) in [5.74, 6) is 0.442. The summed E-state index contributed by atoms with van der Waals surface area (Å²) in [5, 5.41) is 2.91. The molecule has 0 bridgehead atoms. The van der Waals surface area contributed by atoms with Gasteiger partial charge >= 0.3 is 0 Å². The maximum atomic E-state index is 5.60. The number of aryl methyl sites for hydroxylation is 1. The highest BCUT2D eigenvalue weighted by Gasteiger charge is 1.99. The van der Waals surface area contributed by atoms with Gasteiger partial charge in [0, 0.05) is 11.4 Å². The Balaban J connectivity index is 0.00000196. The summed E-state index contributed by atoms with van der Waals surface area (Å²) in [7, 11) is 0. The molecule has 3 N–H and O–H groups in total. The molecule has 0 aliphatic rings. The SMILES string of the molecule is C=CCNC(N)=NCc1scnc1C.I. The fourth-order valence-electron chi connectivity index (χ4n) is 0.868. The van der Waals surface area contributed by atoms with Crippen LogP contribution >= 0.6 is 35.3 Å². The first-order valence-electron chi connectivity index (χ1n) is 4.27. The zero-order valence-corrected chi connectivity index (χ0v) is 11.7. The zero-order valence-electron chi connectivity index (χ0n) is 8.56. The lowest BCUT2D eigenvalue weighted by Gasteiger charge is -2.00. The van der Waals surface area contributed by atoms with Crippen LogP contribution in [0.2, 0.25) is 0 Å². The molecule has 0 amide bonds. The zero-order chi connectivity index (χ0) is 10.4. The molecule has 0 fully saturated rings. The summed E-state index contributed by atoms with van der Waals surface area (Å²) in [6.07, 6.45) is 1.74. The van der Waals surface area contributed by atoms with Gasteiger partial charge in [-0.05, 0) is 6.92 Å². The van der Waals surface area contributed by atoms with E-state index in [1.807, 2.05) is 12.4 Å². The maximum absolute atomic E-state index is 5.60. The lowest BCUT2D eigenvalue weighted by Crippen LogP contribution is -2.31. The predicted octanol–water partition coefficient (Wildman–Crippen LogP) is 1.66. The molecule has 0 aliphatic carbocycles. The molecule has 84 valence electrons. The van der Waals surface area contributed by atoms with Crippen LogP contribution in [0.5, 0.6) is 0 Å². The number of nitrogens with two attached hydrogens (primary N) is 1. The second-order valence-corrected chi connectivity index (χ2v) is 3.67. The Morgan fingerprint density at radius 2 is 2.53 bits per heavy atom. The molecular weight excluding hydrogens is 323 g/mol. The van der Waals surface area contributed by atoms with Gasteiger partial charge in [0.15, 0.2) is 5.96 Å². The first-order chi connectivity index (χ1) is 6.74. The third-order valence-electron chi connectivity index (χ3n) is 1.67. The molecule has 0 atom stereocenters. The van der Waals surface area contributed by atoms with Crippen LogP contribution in [0, 0.1) is 6.92 Å². The normalized spacial score (nSPS) is 10.6. The van der Waals surface area contributed by atoms with Gasteiger partial charge in [-0.3, -0.25) is 0 Å². The summed E-state index contributed by atoms with van der Waals surface area (Å²) < 4.78 is 0. The van der Waals surface area contributed by atoms with Crippen molar-refractivity contribution >= 4 is 41.3 Å². The average molecular weight is 338 g/mol. The number of halogens is 1. The first-order valence-corrected chi connectivity index (χ1v) is 5.15. The number of nitrogens with one attached hydrogen (secondary N) is 1. The summed E-state index contributed by atoms with van der Waals surface area (Å²) >= 11 is 1.59. The van der Waals surface area contributed by atoms with E-state index in [2.05, 4.69) is 21.9 Å². The van der Waals surface area contributed by atoms with Crippen molar-refractivity contribution in [2.24, 2.45) is 10.7 Å². The van der Waals surface area contributed by atoms with Gasteiger partial charge in [0.25, 0.3) is 0 Å². The monoisotopic (exact) mass is 338 g/mol. The van der Waals surface area contributed by atoms with Gasteiger partial charge in [0.2, 0.25) is 0 Å². The van der Waals surface area contributed by atoms with Crippen molar-refractivity contribution in [2.45, 2.75) is 13.5 Å². The molecule has 0 saturated carbocycles. The van der Waals surface area contributed by atoms with Crippen LogP contribution in [0.25, 0.3) is 0 Å². The average Bonchev–Trinajstić information content (AvgIpc) is 2.58.